The van der Waals surface area contributed by atoms with E-state index >= 15 is 0 Å². The van der Waals surface area contributed by atoms with Crippen molar-refractivity contribution in [1.82, 2.24) is 0 Å². The first kappa shape index (κ1) is 20.1. The monoisotopic (exact) mass is 394 g/mol. The number of fused-ring (bicyclic) bond motifs is 2. The number of hydrogen-bond acceptors (Lipinski definition) is 6. The van der Waals surface area contributed by atoms with E-state index in [4.69, 9.17) is 18.9 Å². The van der Waals surface area contributed by atoms with E-state index in [0.29, 0.717) is 13.2 Å². The van der Waals surface area contributed by atoms with Crippen LogP contribution >= 0.6 is 0 Å². The highest BCUT2D eigenvalue weighted by Gasteiger charge is 2.57. The lowest BCUT2D eigenvalue weighted by Crippen LogP contribution is -2.28. The van der Waals surface area contributed by atoms with Crippen molar-refractivity contribution in [1.29, 1.82) is 0 Å². The number of esters is 2. The van der Waals surface area contributed by atoms with Crippen LogP contribution in [0.1, 0.15) is 78.1 Å². The summed E-state index contributed by atoms with van der Waals surface area (Å²) in [7, 11) is 0. The van der Waals surface area contributed by atoms with Gasteiger partial charge in [0.25, 0.3) is 0 Å². The predicted octanol–water partition coefficient (Wildman–Crippen LogP) is 3.55. The fraction of sp³-hybridized carbons (Fsp3) is 0.909. The average molecular weight is 395 g/mol. The predicted molar refractivity (Wildman–Crippen MR) is 102 cm³/mol. The quantitative estimate of drug-likeness (QED) is 0.338. The SMILES string of the molecule is CC12CCC(C(=O)OCCCCCCOC(=O)C3CCC4(C)OC4C3)CC1O2. The largest absolute Gasteiger partial charge is 0.465 e. The normalized spacial score (nSPS) is 40.8. The second-order valence-electron chi connectivity index (χ2n) is 9.53. The number of epoxide rings is 2. The van der Waals surface area contributed by atoms with E-state index in [1.165, 1.54) is 0 Å². The summed E-state index contributed by atoms with van der Waals surface area (Å²) in [6.45, 7) is 5.23. The first-order valence-corrected chi connectivity index (χ1v) is 11.1. The minimum Gasteiger partial charge on any atom is -0.465 e. The van der Waals surface area contributed by atoms with Crippen LogP contribution in [0, 0.1) is 11.8 Å². The molecular weight excluding hydrogens is 360 g/mol. The van der Waals surface area contributed by atoms with Crippen LogP contribution in [0.25, 0.3) is 0 Å². The molecule has 4 fully saturated rings. The van der Waals surface area contributed by atoms with Gasteiger partial charge in [0, 0.05) is 0 Å². The van der Waals surface area contributed by atoms with Crippen LogP contribution in [-0.2, 0) is 28.5 Å². The first-order chi connectivity index (χ1) is 13.4. The summed E-state index contributed by atoms with van der Waals surface area (Å²) in [4.78, 5) is 24.3. The van der Waals surface area contributed by atoms with Crippen LogP contribution in [-0.4, -0.2) is 48.6 Å². The lowest BCUT2D eigenvalue weighted by molar-refractivity contribution is -0.150. The van der Waals surface area contributed by atoms with Crippen LogP contribution < -0.4 is 0 Å². The number of hydrogen-bond donors (Lipinski definition) is 0. The van der Waals surface area contributed by atoms with Crippen molar-refractivity contribution in [2.45, 2.75) is 101 Å². The molecule has 0 amide bonds. The van der Waals surface area contributed by atoms with Gasteiger partial charge in [-0.1, -0.05) is 0 Å². The Hall–Kier alpha value is -1.14. The minimum atomic E-state index is -0.0605. The molecule has 6 atom stereocenters. The van der Waals surface area contributed by atoms with E-state index in [-0.39, 0.29) is 47.2 Å². The summed E-state index contributed by atoms with van der Waals surface area (Å²) in [5, 5.41) is 0. The van der Waals surface area contributed by atoms with Gasteiger partial charge in [0.1, 0.15) is 0 Å². The third-order valence-corrected chi connectivity index (χ3v) is 7.24. The van der Waals surface area contributed by atoms with Gasteiger partial charge < -0.3 is 18.9 Å². The lowest BCUT2D eigenvalue weighted by Gasteiger charge is -2.21. The molecule has 0 aromatic heterocycles. The molecule has 2 aliphatic heterocycles. The third kappa shape index (κ3) is 4.54. The highest BCUT2D eigenvalue weighted by molar-refractivity contribution is 5.73. The van der Waals surface area contributed by atoms with Gasteiger partial charge in [0.05, 0.1) is 48.5 Å². The van der Waals surface area contributed by atoms with E-state index < -0.39 is 0 Å². The molecule has 6 nitrogen and oxygen atoms in total. The summed E-state index contributed by atoms with van der Waals surface area (Å²) >= 11 is 0. The molecule has 6 heteroatoms. The van der Waals surface area contributed by atoms with Crippen LogP contribution in [0.2, 0.25) is 0 Å². The van der Waals surface area contributed by atoms with Crippen LogP contribution in [0.3, 0.4) is 0 Å². The number of ether oxygens (including phenoxy) is 4. The van der Waals surface area contributed by atoms with E-state index in [0.717, 1.165) is 64.2 Å². The minimum absolute atomic E-state index is 0.0127. The summed E-state index contributed by atoms with van der Waals surface area (Å²) in [5.41, 5.74) is 0.0902. The summed E-state index contributed by atoms with van der Waals surface area (Å²) in [6, 6.07) is 0. The molecule has 0 N–H and O–H groups in total. The molecule has 158 valence electrons. The maximum atomic E-state index is 12.1. The third-order valence-electron chi connectivity index (χ3n) is 7.24. The molecule has 0 aromatic carbocycles. The lowest BCUT2D eigenvalue weighted by atomic mass is 9.83. The van der Waals surface area contributed by atoms with E-state index in [1.807, 2.05) is 0 Å². The van der Waals surface area contributed by atoms with Gasteiger partial charge in [-0.15, -0.1) is 0 Å². The Balaban J connectivity index is 0.984. The molecular formula is C22H34O6. The van der Waals surface area contributed by atoms with Crippen molar-refractivity contribution in [2.75, 3.05) is 13.2 Å². The van der Waals surface area contributed by atoms with Crippen molar-refractivity contribution in [3.8, 4) is 0 Å². The number of carbonyl (C=O) groups excluding carboxylic acids is 2. The molecule has 2 aliphatic carbocycles. The molecule has 0 radical (unpaired) electrons. The Morgan fingerprint density at radius 2 is 1.21 bits per heavy atom. The molecule has 28 heavy (non-hydrogen) atoms. The Bertz CT molecular complexity index is 554. The van der Waals surface area contributed by atoms with Gasteiger partial charge in [0.15, 0.2) is 0 Å². The maximum Gasteiger partial charge on any atom is 0.309 e. The highest BCUT2D eigenvalue weighted by atomic mass is 16.6. The number of carbonyl (C=O) groups is 2. The van der Waals surface area contributed by atoms with Gasteiger partial charge in [-0.25, -0.2) is 0 Å². The Kier molecular flexibility index (Phi) is 5.71. The van der Waals surface area contributed by atoms with E-state index in [9.17, 15) is 9.59 Å². The zero-order valence-corrected chi connectivity index (χ0v) is 17.2. The zero-order chi connectivity index (χ0) is 19.8. The molecule has 2 saturated heterocycles. The smallest absolute Gasteiger partial charge is 0.309 e. The Labute approximate surface area is 167 Å². The van der Waals surface area contributed by atoms with Gasteiger partial charge in [-0.3, -0.25) is 9.59 Å². The van der Waals surface area contributed by atoms with Gasteiger partial charge in [0.2, 0.25) is 0 Å². The molecule has 2 heterocycles. The summed E-state index contributed by atoms with van der Waals surface area (Å²) in [5.74, 6) is -0.0956. The van der Waals surface area contributed by atoms with Crippen molar-refractivity contribution >= 4 is 11.9 Å². The fourth-order valence-corrected chi connectivity index (χ4v) is 4.86. The van der Waals surface area contributed by atoms with E-state index in [2.05, 4.69) is 13.8 Å². The van der Waals surface area contributed by atoms with Crippen LogP contribution in [0.4, 0.5) is 0 Å². The second-order valence-corrected chi connectivity index (χ2v) is 9.53. The maximum absolute atomic E-state index is 12.1. The number of unbranched alkanes of at least 4 members (excludes halogenated alkanes) is 3. The molecule has 4 rings (SSSR count). The molecule has 4 aliphatic rings. The van der Waals surface area contributed by atoms with Gasteiger partial charge in [-0.05, 0) is 78.1 Å². The van der Waals surface area contributed by atoms with Crippen LogP contribution in [0.15, 0.2) is 0 Å². The molecule has 0 aromatic rings. The summed E-state index contributed by atoms with van der Waals surface area (Å²) < 4.78 is 22.2. The first-order valence-electron chi connectivity index (χ1n) is 11.1. The Morgan fingerprint density at radius 1 is 0.786 bits per heavy atom. The van der Waals surface area contributed by atoms with Crippen molar-refractivity contribution in [2.24, 2.45) is 11.8 Å². The van der Waals surface area contributed by atoms with Crippen LogP contribution in [0.5, 0.6) is 0 Å². The van der Waals surface area contributed by atoms with Gasteiger partial charge >= 0.3 is 11.9 Å². The summed E-state index contributed by atoms with van der Waals surface area (Å²) in [6.07, 6.45) is 9.53. The molecule has 2 saturated carbocycles. The average Bonchev–Trinajstić information content (AvgIpc) is 3.54. The van der Waals surface area contributed by atoms with Crippen molar-refractivity contribution in [3.05, 3.63) is 0 Å². The van der Waals surface area contributed by atoms with E-state index in [1.54, 1.807) is 0 Å². The highest BCUT2D eigenvalue weighted by Crippen LogP contribution is 2.50. The zero-order valence-electron chi connectivity index (χ0n) is 17.2. The fourth-order valence-electron chi connectivity index (χ4n) is 4.86. The second kappa shape index (κ2) is 7.94. The molecule has 6 unspecified atom stereocenters. The topological polar surface area (TPSA) is 77.7 Å². The Morgan fingerprint density at radius 3 is 1.61 bits per heavy atom. The van der Waals surface area contributed by atoms with Crippen molar-refractivity contribution in [3.63, 3.8) is 0 Å². The standard InChI is InChI=1S/C22H34O6/c1-21-9-7-15(13-17(21)27-21)19(23)25-11-5-3-4-6-12-26-20(24)16-8-10-22(2)18(14-16)28-22/h15-18H,3-14H2,1-2H3. The van der Waals surface area contributed by atoms with Crippen molar-refractivity contribution < 1.29 is 28.5 Å². The number of rotatable bonds is 9. The molecule has 0 bridgehead atoms. The molecule has 0 spiro atoms. The van der Waals surface area contributed by atoms with Gasteiger partial charge in [-0.2, -0.15) is 0 Å².